The molecule has 0 atom stereocenters. The Morgan fingerprint density at radius 2 is 2.20 bits per heavy atom. The summed E-state index contributed by atoms with van der Waals surface area (Å²) >= 11 is 0. The van der Waals surface area contributed by atoms with Gasteiger partial charge in [0.1, 0.15) is 6.29 Å². The zero-order valence-corrected chi connectivity index (χ0v) is 3.47. The van der Waals surface area contributed by atoms with Gasteiger partial charge in [0.15, 0.2) is 0 Å². The molecule has 0 aromatic carbocycles. The first-order chi connectivity index (χ1) is 2.41. The third kappa shape index (κ3) is 3.56. The topological polar surface area (TPSA) is 34.1 Å². The predicted octanol–water partition coefficient (Wildman–Crippen LogP) is -0.963. The summed E-state index contributed by atoms with van der Waals surface area (Å²) in [6.07, 6.45) is 0.505. The molecule has 0 radical (unpaired) electrons. The lowest BCUT2D eigenvalue weighted by atomic mass is 10.9. The van der Waals surface area contributed by atoms with Crippen molar-refractivity contribution in [1.82, 2.24) is 0 Å². The minimum Gasteiger partial charge on any atom is -0.325 e. The lowest BCUT2D eigenvalue weighted by molar-refractivity contribution is -0.102. The molecule has 0 saturated carbocycles. The minimum absolute atomic E-state index is 0.505. The number of carbonyl (C=O) groups excluding carboxylic acids is 1. The van der Waals surface area contributed by atoms with Gasteiger partial charge in [-0.1, -0.05) is 0 Å². The van der Waals surface area contributed by atoms with Gasteiger partial charge in [0.25, 0.3) is 9.02 Å². The lowest BCUT2D eigenvalue weighted by Crippen LogP contribution is -1.69. The van der Waals surface area contributed by atoms with Crippen LogP contribution in [0, 0.1) is 0 Å². The Bertz CT molecular complexity index is 71.7. The molecular weight excluding hydrogens is 84.1 g/mol. The average molecular weight is 86.1 g/mol. The Morgan fingerprint density at radius 3 is 2.20 bits per heavy atom. The normalized spacial score (nSPS) is 4.80. The third-order valence-corrected chi connectivity index (χ3v) is 0.408. The monoisotopic (exact) mass is 86.0 g/mol. The molecule has 0 saturated heterocycles. The summed E-state index contributed by atoms with van der Waals surface area (Å²) in [5, 5.41) is 0. The molecule has 2 nitrogen and oxygen atoms in total. The molecule has 0 spiro atoms. The standard InChI is InChI=1S/C2H2O2Si/c3-1-2-5-4/h1-2H. The maximum Gasteiger partial charge on any atom is 0.264 e. The molecule has 0 heterocycles. The fourth-order valence-corrected chi connectivity index (χ4v) is 0.0833. The van der Waals surface area contributed by atoms with Gasteiger partial charge in [0, 0.05) is 5.67 Å². The van der Waals surface area contributed by atoms with Crippen molar-refractivity contribution in [3.05, 3.63) is 0 Å². The van der Waals surface area contributed by atoms with Crippen LogP contribution < -0.4 is 0 Å². The van der Waals surface area contributed by atoms with Crippen molar-refractivity contribution in [1.29, 1.82) is 0 Å². The lowest BCUT2D eigenvalue weighted by Gasteiger charge is -1.36. The van der Waals surface area contributed by atoms with Crippen molar-refractivity contribution in [2.24, 2.45) is 0 Å². The van der Waals surface area contributed by atoms with E-state index in [0.29, 0.717) is 6.29 Å². The summed E-state index contributed by atoms with van der Waals surface area (Å²) in [7, 11) is -0.585. The minimum atomic E-state index is -0.585. The largest absolute Gasteiger partial charge is 0.325 e. The van der Waals surface area contributed by atoms with Crippen molar-refractivity contribution < 1.29 is 9.26 Å². The Morgan fingerprint density at radius 1 is 1.60 bits per heavy atom. The highest BCUT2D eigenvalue weighted by Gasteiger charge is 1.49. The predicted molar refractivity (Wildman–Crippen MR) is 18.6 cm³/mol. The van der Waals surface area contributed by atoms with Gasteiger partial charge in [-0.05, 0) is 0 Å². The molecule has 0 aliphatic heterocycles. The van der Waals surface area contributed by atoms with Crippen LogP contribution in [0.5, 0.6) is 0 Å². The van der Waals surface area contributed by atoms with Gasteiger partial charge < -0.3 is 4.46 Å². The Balaban J connectivity index is 3.31. The molecule has 26 valence electrons. The van der Waals surface area contributed by atoms with E-state index in [9.17, 15) is 4.46 Å². The number of rotatable bonds is 1. The van der Waals surface area contributed by atoms with Gasteiger partial charge in [-0.15, -0.1) is 0 Å². The first kappa shape index (κ1) is 4.56. The van der Waals surface area contributed by atoms with Gasteiger partial charge in [0.05, 0.1) is 0 Å². The maximum atomic E-state index is 9.27. The smallest absolute Gasteiger partial charge is 0.264 e. The van der Waals surface area contributed by atoms with Crippen LogP contribution >= 0.6 is 0 Å². The summed E-state index contributed by atoms with van der Waals surface area (Å²) in [6, 6.07) is 0. The third-order valence-electron chi connectivity index (χ3n) is 0.136. The summed E-state index contributed by atoms with van der Waals surface area (Å²) in [4.78, 5) is 9.16. The van der Waals surface area contributed by atoms with Crippen LogP contribution in [0.1, 0.15) is 0 Å². The van der Waals surface area contributed by atoms with E-state index in [1.807, 2.05) is 0 Å². The highest BCUT2D eigenvalue weighted by Crippen LogP contribution is 1.14. The fourth-order valence-electron chi connectivity index (χ4n) is 0.0278. The molecule has 0 bridgehead atoms. The van der Waals surface area contributed by atoms with Gasteiger partial charge in [-0.3, -0.25) is 4.79 Å². The van der Waals surface area contributed by atoms with Crippen LogP contribution in [0.25, 0.3) is 0 Å². The first-order valence-electron chi connectivity index (χ1n) is 1.06. The number of carbonyl (C=O) groups is 1. The van der Waals surface area contributed by atoms with E-state index in [0.717, 1.165) is 5.67 Å². The maximum absolute atomic E-state index is 9.27. The molecule has 0 rings (SSSR count). The molecule has 0 N–H and O–H groups in total. The second-order valence-corrected chi connectivity index (χ2v) is 0.990. The van der Waals surface area contributed by atoms with Crippen LogP contribution in [0.3, 0.4) is 0 Å². The average Bonchev–Trinajstić information content (AvgIpc) is 1.41. The molecule has 0 aromatic rings. The van der Waals surface area contributed by atoms with Crippen molar-refractivity contribution >= 4 is 21.0 Å². The summed E-state index contributed by atoms with van der Waals surface area (Å²) < 4.78 is 9.27. The summed E-state index contributed by atoms with van der Waals surface area (Å²) in [5.41, 5.74) is 1.04. The Kier molecular flexibility index (Phi) is 3.24. The van der Waals surface area contributed by atoms with Crippen LogP contribution in [-0.2, 0) is 9.26 Å². The Hall–Kier alpha value is -0.443. The number of hydrogen-bond donors (Lipinski definition) is 0. The van der Waals surface area contributed by atoms with Gasteiger partial charge in [0.2, 0.25) is 0 Å². The molecule has 0 unspecified atom stereocenters. The van der Waals surface area contributed by atoms with Crippen LogP contribution in [-0.4, -0.2) is 21.0 Å². The molecule has 0 fully saturated rings. The Labute approximate surface area is 31.3 Å². The van der Waals surface area contributed by atoms with Gasteiger partial charge in [-0.25, -0.2) is 0 Å². The second kappa shape index (κ2) is 3.56. The van der Waals surface area contributed by atoms with Crippen molar-refractivity contribution in [3.63, 3.8) is 0 Å². The van der Waals surface area contributed by atoms with Crippen molar-refractivity contribution in [3.8, 4) is 0 Å². The van der Waals surface area contributed by atoms with Gasteiger partial charge in [-0.2, -0.15) is 0 Å². The van der Waals surface area contributed by atoms with E-state index in [4.69, 9.17) is 4.79 Å². The SMILES string of the molecule is O=CC=[Si]=O. The van der Waals surface area contributed by atoms with Crippen LogP contribution in [0.4, 0.5) is 0 Å². The van der Waals surface area contributed by atoms with E-state index >= 15 is 0 Å². The summed E-state index contributed by atoms with van der Waals surface area (Å²) in [6.45, 7) is 0. The van der Waals surface area contributed by atoms with Gasteiger partial charge >= 0.3 is 0 Å². The molecule has 0 aliphatic carbocycles. The molecule has 0 aromatic heterocycles. The van der Waals surface area contributed by atoms with E-state index in [2.05, 4.69) is 0 Å². The van der Waals surface area contributed by atoms with Crippen LogP contribution in [0.15, 0.2) is 0 Å². The van der Waals surface area contributed by atoms with Crippen LogP contribution in [0.2, 0.25) is 0 Å². The molecular formula is C2H2O2Si. The fraction of sp³-hybridized carbons (Fsp3) is 0. The first-order valence-corrected chi connectivity index (χ1v) is 2.05. The van der Waals surface area contributed by atoms with E-state index in [-0.39, 0.29) is 0 Å². The molecule has 0 amide bonds. The van der Waals surface area contributed by atoms with E-state index in [1.165, 1.54) is 0 Å². The van der Waals surface area contributed by atoms with E-state index in [1.54, 1.807) is 0 Å². The van der Waals surface area contributed by atoms with Crippen molar-refractivity contribution in [2.45, 2.75) is 0 Å². The molecule has 0 aliphatic rings. The second-order valence-electron chi connectivity index (χ2n) is 0.421. The quantitative estimate of drug-likeness (QED) is 0.304. The zero-order chi connectivity index (χ0) is 4.12. The molecule has 3 heteroatoms. The zero-order valence-electron chi connectivity index (χ0n) is 2.47. The number of hydrogen-bond acceptors (Lipinski definition) is 2. The molecule has 5 heavy (non-hydrogen) atoms. The highest BCUT2D eigenvalue weighted by atomic mass is 28.2. The van der Waals surface area contributed by atoms with Crippen molar-refractivity contribution in [2.75, 3.05) is 0 Å². The highest BCUT2D eigenvalue weighted by molar-refractivity contribution is 6.49. The summed E-state index contributed by atoms with van der Waals surface area (Å²) in [5.74, 6) is 0. The van der Waals surface area contributed by atoms with E-state index < -0.39 is 9.02 Å². The number of aldehydes is 1.